The number of rotatable bonds is 3. The van der Waals surface area contributed by atoms with Crippen molar-refractivity contribution in [3.63, 3.8) is 0 Å². The minimum absolute atomic E-state index is 0.145. The van der Waals surface area contributed by atoms with Crippen molar-refractivity contribution >= 4 is 22.9 Å². The number of hydrogen-bond donors (Lipinski definition) is 0. The maximum Gasteiger partial charge on any atom is 0.416 e. The molecule has 0 aliphatic carbocycles. The van der Waals surface area contributed by atoms with Crippen molar-refractivity contribution in [1.82, 2.24) is 4.98 Å². The number of benzene rings is 1. The summed E-state index contributed by atoms with van der Waals surface area (Å²) in [5.41, 5.74) is -0.734. The molecule has 0 aliphatic rings. The molecule has 0 saturated heterocycles. The summed E-state index contributed by atoms with van der Waals surface area (Å²) in [6.07, 6.45) is -2.84. The van der Waals surface area contributed by atoms with E-state index >= 15 is 0 Å². The second-order valence-electron chi connectivity index (χ2n) is 3.39. The standard InChI is InChI=1S/C11H7ClF3NOS/c12-10-16-5-9(18-10)6-17-8-3-1-2-7(4-8)11(13,14)15/h1-5H,6H2. The molecule has 0 bridgehead atoms. The van der Waals surface area contributed by atoms with Gasteiger partial charge in [0.2, 0.25) is 0 Å². The van der Waals surface area contributed by atoms with E-state index in [1.54, 1.807) is 0 Å². The van der Waals surface area contributed by atoms with Gasteiger partial charge in [0.25, 0.3) is 0 Å². The average molecular weight is 294 g/mol. The van der Waals surface area contributed by atoms with Crippen molar-refractivity contribution in [3.05, 3.63) is 45.4 Å². The maximum absolute atomic E-state index is 12.5. The molecule has 1 aromatic heterocycles. The highest BCUT2D eigenvalue weighted by Crippen LogP contribution is 2.31. The molecule has 2 aromatic rings. The zero-order valence-corrected chi connectivity index (χ0v) is 10.4. The van der Waals surface area contributed by atoms with Crippen LogP contribution in [-0.2, 0) is 12.8 Å². The Kier molecular flexibility index (Phi) is 3.77. The van der Waals surface area contributed by atoms with Gasteiger partial charge in [-0.15, -0.1) is 11.3 Å². The highest BCUT2D eigenvalue weighted by molar-refractivity contribution is 7.15. The highest BCUT2D eigenvalue weighted by atomic mass is 35.5. The average Bonchev–Trinajstić information content (AvgIpc) is 2.72. The van der Waals surface area contributed by atoms with Gasteiger partial charge in [0, 0.05) is 6.20 Å². The summed E-state index contributed by atoms with van der Waals surface area (Å²) in [7, 11) is 0. The van der Waals surface area contributed by atoms with Gasteiger partial charge >= 0.3 is 6.18 Å². The van der Waals surface area contributed by atoms with Crippen LogP contribution in [0.4, 0.5) is 13.2 Å². The molecular weight excluding hydrogens is 287 g/mol. The van der Waals surface area contributed by atoms with Gasteiger partial charge < -0.3 is 4.74 Å². The van der Waals surface area contributed by atoms with Crippen LogP contribution < -0.4 is 4.74 Å². The molecule has 1 aromatic carbocycles. The number of ether oxygens (including phenoxy) is 1. The fourth-order valence-electron chi connectivity index (χ4n) is 1.27. The van der Waals surface area contributed by atoms with E-state index in [1.807, 2.05) is 0 Å². The summed E-state index contributed by atoms with van der Waals surface area (Å²) in [6.45, 7) is 0.145. The summed E-state index contributed by atoms with van der Waals surface area (Å²) in [4.78, 5) is 4.56. The van der Waals surface area contributed by atoms with Gasteiger partial charge in [-0.2, -0.15) is 13.2 Å². The fraction of sp³-hybridized carbons (Fsp3) is 0.182. The molecule has 0 atom stereocenters. The predicted molar refractivity (Wildman–Crippen MR) is 62.9 cm³/mol. The molecular formula is C11H7ClF3NOS. The molecule has 7 heteroatoms. The Morgan fingerprint density at radius 1 is 1.33 bits per heavy atom. The molecule has 0 amide bonds. The lowest BCUT2D eigenvalue weighted by Crippen LogP contribution is -2.05. The lowest BCUT2D eigenvalue weighted by molar-refractivity contribution is -0.137. The Morgan fingerprint density at radius 3 is 2.72 bits per heavy atom. The molecule has 0 spiro atoms. The van der Waals surface area contributed by atoms with Crippen molar-refractivity contribution in [2.45, 2.75) is 12.8 Å². The van der Waals surface area contributed by atoms with Crippen LogP contribution in [0.2, 0.25) is 4.47 Å². The van der Waals surface area contributed by atoms with Crippen molar-refractivity contribution in [1.29, 1.82) is 0 Å². The van der Waals surface area contributed by atoms with Gasteiger partial charge in [0.05, 0.1) is 10.4 Å². The van der Waals surface area contributed by atoms with Crippen LogP contribution in [0, 0.1) is 0 Å². The van der Waals surface area contributed by atoms with E-state index in [9.17, 15) is 13.2 Å². The maximum atomic E-state index is 12.5. The topological polar surface area (TPSA) is 22.1 Å². The van der Waals surface area contributed by atoms with E-state index in [0.29, 0.717) is 4.47 Å². The Hall–Kier alpha value is -1.27. The summed E-state index contributed by atoms with van der Waals surface area (Å²) in [5.74, 6) is 0.161. The molecule has 0 aliphatic heterocycles. The summed E-state index contributed by atoms with van der Waals surface area (Å²) in [5, 5.41) is 0. The third-order valence-corrected chi connectivity index (χ3v) is 3.16. The third kappa shape index (κ3) is 3.36. The predicted octanol–water partition coefficient (Wildman–Crippen LogP) is 4.39. The largest absolute Gasteiger partial charge is 0.488 e. The van der Waals surface area contributed by atoms with Crippen LogP contribution in [-0.4, -0.2) is 4.98 Å². The number of nitrogens with zero attached hydrogens (tertiary/aromatic N) is 1. The molecule has 18 heavy (non-hydrogen) atoms. The second-order valence-corrected chi connectivity index (χ2v) is 5.09. The fourth-order valence-corrected chi connectivity index (χ4v) is 2.16. The van der Waals surface area contributed by atoms with Crippen molar-refractivity contribution in [2.75, 3.05) is 0 Å². The van der Waals surface area contributed by atoms with Crippen LogP contribution >= 0.6 is 22.9 Å². The van der Waals surface area contributed by atoms with Gasteiger partial charge in [0.1, 0.15) is 12.4 Å². The van der Waals surface area contributed by atoms with Crippen LogP contribution in [0.25, 0.3) is 0 Å². The Bertz CT molecular complexity index is 541. The van der Waals surface area contributed by atoms with E-state index in [2.05, 4.69) is 4.98 Å². The normalized spacial score (nSPS) is 11.6. The first-order valence-corrected chi connectivity index (χ1v) is 6.05. The molecule has 96 valence electrons. The monoisotopic (exact) mass is 293 g/mol. The number of thiazole rings is 1. The first-order valence-electron chi connectivity index (χ1n) is 4.85. The molecule has 2 nitrogen and oxygen atoms in total. The van der Waals surface area contributed by atoms with Gasteiger partial charge in [-0.25, -0.2) is 4.98 Å². The molecule has 1 heterocycles. The molecule has 0 saturated carbocycles. The first-order chi connectivity index (χ1) is 8.45. The molecule has 0 N–H and O–H groups in total. The number of aromatic nitrogens is 1. The molecule has 0 unspecified atom stereocenters. The summed E-state index contributed by atoms with van der Waals surface area (Å²) >= 11 is 6.85. The second kappa shape index (κ2) is 5.16. The quantitative estimate of drug-likeness (QED) is 0.837. The first kappa shape index (κ1) is 13.2. The Balaban J connectivity index is 2.06. The lowest BCUT2D eigenvalue weighted by Gasteiger charge is -2.09. The highest BCUT2D eigenvalue weighted by Gasteiger charge is 2.30. The minimum Gasteiger partial charge on any atom is -0.488 e. The van der Waals surface area contributed by atoms with Crippen LogP contribution in [0.15, 0.2) is 30.5 Å². The number of alkyl halides is 3. The Morgan fingerprint density at radius 2 is 2.11 bits per heavy atom. The van der Waals surface area contributed by atoms with Gasteiger partial charge in [-0.3, -0.25) is 0 Å². The van der Waals surface area contributed by atoms with Crippen molar-refractivity contribution in [3.8, 4) is 5.75 Å². The smallest absolute Gasteiger partial charge is 0.416 e. The summed E-state index contributed by atoms with van der Waals surface area (Å²) < 4.78 is 43.0. The third-order valence-electron chi connectivity index (χ3n) is 2.07. The molecule has 0 radical (unpaired) electrons. The summed E-state index contributed by atoms with van der Waals surface area (Å²) in [6, 6.07) is 4.73. The van der Waals surface area contributed by atoms with Gasteiger partial charge in [-0.05, 0) is 18.2 Å². The van der Waals surface area contributed by atoms with Crippen LogP contribution in [0.5, 0.6) is 5.75 Å². The number of hydrogen-bond acceptors (Lipinski definition) is 3. The number of halogens is 4. The zero-order valence-electron chi connectivity index (χ0n) is 8.87. The van der Waals surface area contributed by atoms with Gasteiger partial charge in [0.15, 0.2) is 4.47 Å². The molecule has 0 fully saturated rings. The van der Waals surface area contributed by atoms with Crippen molar-refractivity contribution < 1.29 is 17.9 Å². The minimum atomic E-state index is -4.37. The van der Waals surface area contributed by atoms with E-state index in [4.69, 9.17) is 16.3 Å². The van der Waals surface area contributed by atoms with E-state index < -0.39 is 11.7 Å². The van der Waals surface area contributed by atoms with Gasteiger partial charge in [-0.1, -0.05) is 17.7 Å². The van der Waals surface area contributed by atoms with E-state index in [0.717, 1.165) is 17.0 Å². The lowest BCUT2D eigenvalue weighted by atomic mass is 10.2. The molecule has 2 rings (SSSR count). The van der Waals surface area contributed by atoms with Crippen LogP contribution in [0.3, 0.4) is 0 Å². The van der Waals surface area contributed by atoms with Crippen LogP contribution in [0.1, 0.15) is 10.4 Å². The zero-order chi connectivity index (χ0) is 13.2. The van der Waals surface area contributed by atoms with E-state index in [1.165, 1.54) is 29.7 Å². The van der Waals surface area contributed by atoms with Crippen molar-refractivity contribution in [2.24, 2.45) is 0 Å². The SMILES string of the molecule is FC(F)(F)c1cccc(OCc2cnc(Cl)s2)c1. The Labute approximate surface area is 110 Å². The van der Waals surface area contributed by atoms with E-state index in [-0.39, 0.29) is 12.4 Å².